The van der Waals surface area contributed by atoms with Crippen molar-refractivity contribution in [3.05, 3.63) is 29.8 Å². The highest BCUT2D eigenvalue weighted by Crippen LogP contribution is 2.29. The predicted molar refractivity (Wildman–Crippen MR) is 84.4 cm³/mol. The molecule has 1 N–H and O–H groups in total. The van der Waals surface area contributed by atoms with Crippen LogP contribution in [-0.4, -0.2) is 29.6 Å². The number of aryl methyl sites for hydroxylation is 1. The summed E-state index contributed by atoms with van der Waals surface area (Å²) >= 11 is 1.95. The summed E-state index contributed by atoms with van der Waals surface area (Å²) in [5, 5.41) is 3.69. The van der Waals surface area contributed by atoms with Crippen LogP contribution < -0.4 is 10.1 Å². The van der Waals surface area contributed by atoms with Crippen LogP contribution in [0.3, 0.4) is 0 Å². The summed E-state index contributed by atoms with van der Waals surface area (Å²) in [5.74, 6) is 1.85. The van der Waals surface area contributed by atoms with Crippen molar-refractivity contribution in [3.8, 4) is 5.75 Å². The first-order valence-corrected chi connectivity index (χ1v) is 8.34. The second kappa shape index (κ2) is 7.58. The Hall–Kier alpha value is -1.16. The van der Waals surface area contributed by atoms with Gasteiger partial charge in [-0.1, -0.05) is 25.5 Å². The summed E-state index contributed by atoms with van der Waals surface area (Å²) in [6, 6.07) is 8.09. The fraction of sp³-hybridized carbons (Fsp3) is 0.562. The molecule has 1 saturated carbocycles. The number of carbonyl (C=O) groups is 1. The fourth-order valence-electron chi connectivity index (χ4n) is 2.61. The zero-order chi connectivity index (χ0) is 14.4. The van der Waals surface area contributed by atoms with Crippen molar-refractivity contribution in [3.63, 3.8) is 0 Å². The zero-order valence-electron chi connectivity index (χ0n) is 12.2. The van der Waals surface area contributed by atoms with Crippen LogP contribution in [0.15, 0.2) is 24.3 Å². The molecule has 0 radical (unpaired) electrons. The molecule has 1 aromatic carbocycles. The lowest BCUT2D eigenvalue weighted by Gasteiger charge is -2.20. The standard InChI is InChI=1S/C16H23NO2S/c1-3-20-15-9-5-8-14(15)17-16(18)11-19-13-7-4-6-12(2)10-13/h4,6-7,10,14-15H,3,5,8-9,11H2,1-2H3,(H,17,18). The Morgan fingerprint density at radius 3 is 3.05 bits per heavy atom. The van der Waals surface area contributed by atoms with Gasteiger partial charge in [0.05, 0.1) is 0 Å². The van der Waals surface area contributed by atoms with E-state index in [0.717, 1.165) is 23.5 Å². The van der Waals surface area contributed by atoms with E-state index in [1.165, 1.54) is 12.8 Å². The van der Waals surface area contributed by atoms with Crippen LogP contribution in [0.25, 0.3) is 0 Å². The van der Waals surface area contributed by atoms with E-state index in [0.29, 0.717) is 11.3 Å². The Morgan fingerprint density at radius 2 is 2.30 bits per heavy atom. The second-order valence-corrected chi connectivity index (χ2v) is 6.72. The second-order valence-electron chi connectivity index (χ2n) is 5.20. The Bertz CT molecular complexity index is 450. The molecule has 3 nitrogen and oxygen atoms in total. The van der Waals surface area contributed by atoms with Gasteiger partial charge in [-0.3, -0.25) is 4.79 Å². The number of amides is 1. The lowest BCUT2D eigenvalue weighted by Crippen LogP contribution is -2.41. The Morgan fingerprint density at radius 1 is 1.45 bits per heavy atom. The summed E-state index contributed by atoms with van der Waals surface area (Å²) in [6.45, 7) is 4.28. The van der Waals surface area contributed by atoms with Crippen molar-refractivity contribution in [1.29, 1.82) is 0 Å². The number of hydrogen-bond acceptors (Lipinski definition) is 3. The van der Waals surface area contributed by atoms with E-state index in [9.17, 15) is 4.79 Å². The van der Waals surface area contributed by atoms with Crippen LogP contribution in [0.2, 0.25) is 0 Å². The summed E-state index contributed by atoms with van der Waals surface area (Å²) in [6.07, 6.45) is 3.51. The van der Waals surface area contributed by atoms with E-state index in [4.69, 9.17) is 4.74 Å². The molecule has 1 fully saturated rings. The first-order valence-electron chi connectivity index (χ1n) is 7.29. The van der Waals surface area contributed by atoms with Gasteiger partial charge in [0.2, 0.25) is 0 Å². The number of ether oxygens (including phenoxy) is 1. The van der Waals surface area contributed by atoms with Crippen LogP contribution >= 0.6 is 11.8 Å². The summed E-state index contributed by atoms with van der Waals surface area (Å²) < 4.78 is 5.54. The lowest BCUT2D eigenvalue weighted by molar-refractivity contribution is -0.123. The third kappa shape index (κ3) is 4.44. The van der Waals surface area contributed by atoms with Crippen molar-refractivity contribution in [1.82, 2.24) is 5.32 Å². The highest BCUT2D eigenvalue weighted by atomic mass is 32.2. The topological polar surface area (TPSA) is 38.3 Å². The molecule has 0 bridgehead atoms. The van der Waals surface area contributed by atoms with E-state index >= 15 is 0 Å². The Kier molecular flexibility index (Phi) is 5.77. The van der Waals surface area contributed by atoms with Gasteiger partial charge in [0.1, 0.15) is 5.75 Å². The van der Waals surface area contributed by atoms with Gasteiger partial charge < -0.3 is 10.1 Å². The fourth-order valence-corrected chi connectivity index (χ4v) is 3.81. The summed E-state index contributed by atoms with van der Waals surface area (Å²) in [5.41, 5.74) is 1.14. The molecular formula is C16H23NO2S. The van der Waals surface area contributed by atoms with Crippen molar-refractivity contribution in [2.24, 2.45) is 0 Å². The number of rotatable bonds is 6. The monoisotopic (exact) mass is 293 g/mol. The molecule has 0 aromatic heterocycles. The average molecular weight is 293 g/mol. The minimum atomic E-state index is -0.0138. The van der Waals surface area contributed by atoms with Gasteiger partial charge in [0.15, 0.2) is 6.61 Å². The van der Waals surface area contributed by atoms with E-state index in [2.05, 4.69) is 12.2 Å². The maximum Gasteiger partial charge on any atom is 0.258 e. The van der Waals surface area contributed by atoms with Crippen molar-refractivity contribution >= 4 is 17.7 Å². The maximum atomic E-state index is 12.0. The highest BCUT2D eigenvalue weighted by Gasteiger charge is 2.28. The van der Waals surface area contributed by atoms with Gasteiger partial charge in [0, 0.05) is 11.3 Å². The van der Waals surface area contributed by atoms with E-state index in [1.54, 1.807) is 0 Å². The van der Waals surface area contributed by atoms with Gasteiger partial charge >= 0.3 is 0 Å². The minimum absolute atomic E-state index is 0.0138. The van der Waals surface area contributed by atoms with Crippen LogP contribution in [0.4, 0.5) is 0 Å². The zero-order valence-corrected chi connectivity index (χ0v) is 13.0. The third-order valence-electron chi connectivity index (χ3n) is 3.54. The first kappa shape index (κ1) is 15.2. The van der Waals surface area contributed by atoms with Crippen molar-refractivity contribution < 1.29 is 9.53 Å². The molecule has 0 spiro atoms. The molecule has 2 rings (SSSR count). The molecule has 4 heteroatoms. The molecule has 2 atom stereocenters. The quantitative estimate of drug-likeness (QED) is 0.875. The summed E-state index contributed by atoms with van der Waals surface area (Å²) in [7, 11) is 0. The smallest absolute Gasteiger partial charge is 0.258 e. The van der Waals surface area contributed by atoms with E-state index in [-0.39, 0.29) is 12.5 Å². The van der Waals surface area contributed by atoms with Crippen LogP contribution in [0.5, 0.6) is 5.75 Å². The molecule has 110 valence electrons. The molecule has 1 aromatic rings. The molecule has 1 aliphatic rings. The van der Waals surface area contributed by atoms with Crippen LogP contribution in [0, 0.1) is 6.92 Å². The molecule has 1 aliphatic carbocycles. The maximum absolute atomic E-state index is 12.0. The summed E-state index contributed by atoms with van der Waals surface area (Å²) in [4.78, 5) is 12.0. The molecule has 0 saturated heterocycles. The van der Waals surface area contributed by atoms with Crippen LogP contribution in [0.1, 0.15) is 31.7 Å². The molecule has 1 amide bonds. The Balaban J connectivity index is 1.78. The highest BCUT2D eigenvalue weighted by molar-refractivity contribution is 7.99. The number of hydrogen-bond donors (Lipinski definition) is 1. The average Bonchev–Trinajstić information content (AvgIpc) is 2.84. The van der Waals surface area contributed by atoms with Gasteiger partial charge in [-0.2, -0.15) is 11.8 Å². The van der Waals surface area contributed by atoms with Gasteiger partial charge in [0.25, 0.3) is 5.91 Å². The number of thioether (sulfide) groups is 1. The molecular weight excluding hydrogens is 270 g/mol. The third-order valence-corrected chi connectivity index (χ3v) is 4.86. The molecule has 0 heterocycles. The molecule has 0 aliphatic heterocycles. The van der Waals surface area contributed by atoms with E-state index in [1.807, 2.05) is 43.0 Å². The number of nitrogens with one attached hydrogen (secondary N) is 1. The number of carbonyl (C=O) groups excluding carboxylic acids is 1. The lowest BCUT2D eigenvalue weighted by atomic mass is 10.2. The SMILES string of the molecule is CCSC1CCCC1NC(=O)COc1cccc(C)c1. The Labute approximate surface area is 125 Å². The van der Waals surface area contributed by atoms with Gasteiger partial charge in [-0.25, -0.2) is 0 Å². The number of benzene rings is 1. The largest absolute Gasteiger partial charge is 0.484 e. The predicted octanol–water partition coefficient (Wildman–Crippen LogP) is 3.16. The molecule has 20 heavy (non-hydrogen) atoms. The van der Waals surface area contributed by atoms with E-state index < -0.39 is 0 Å². The first-order chi connectivity index (χ1) is 9.69. The van der Waals surface area contributed by atoms with Crippen molar-refractivity contribution in [2.75, 3.05) is 12.4 Å². The van der Waals surface area contributed by atoms with Crippen LogP contribution in [-0.2, 0) is 4.79 Å². The molecule has 2 unspecified atom stereocenters. The minimum Gasteiger partial charge on any atom is -0.484 e. The van der Waals surface area contributed by atoms with Gasteiger partial charge in [-0.05, 0) is 43.2 Å². The van der Waals surface area contributed by atoms with Crippen molar-refractivity contribution in [2.45, 2.75) is 44.4 Å². The normalized spacial score (nSPS) is 21.7. The van der Waals surface area contributed by atoms with Gasteiger partial charge in [-0.15, -0.1) is 0 Å².